The van der Waals surface area contributed by atoms with Crippen LogP contribution in [0.3, 0.4) is 0 Å². The van der Waals surface area contributed by atoms with E-state index in [2.05, 4.69) is 11.9 Å². The number of nitriles is 1. The summed E-state index contributed by atoms with van der Waals surface area (Å²) in [5.41, 5.74) is 1.32. The van der Waals surface area contributed by atoms with Crippen LogP contribution in [0.25, 0.3) is 11.3 Å². The summed E-state index contributed by atoms with van der Waals surface area (Å²) < 4.78 is 46.9. The molecule has 2 aromatic carbocycles. The van der Waals surface area contributed by atoms with Crippen LogP contribution >= 0.6 is 11.8 Å². The fourth-order valence-corrected chi connectivity index (χ4v) is 3.96. The number of unbranched alkanes of at least 4 members (excludes halogenated alkanes) is 1. The molecule has 0 saturated heterocycles. The summed E-state index contributed by atoms with van der Waals surface area (Å²) in [6.07, 6.45) is -2.73. The molecule has 0 aliphatic carbocycles. The Morgan fingerprint density at radius 2 is 1.75 bits per heavy atom. The number of alkyl halides is 3. The van der Waals surface area contributed by atoms with E-state index in [-0.39, 0.29) is 10.7 Å². The monoisotopic (exact) mass is 456 g/mol. The van der Waals surface area contributed by atoms with E-state index in [0.29, 0.717) is 23.7 Å². The SMILES string of the molecule is CCCCOc1ccc(-c2cc(C(F)(F)F)c(C#N)c(SCc3ccc(C)cc3)n2)cc1. The zero-order valence-electron chi connectivity index (χ0n) is 17.9. The van der Waals surface area contributed by atoms with Crippen molar-refractivity contribution in [3.63, 3.8) is 0 Å². The molecule has 1 aromatic heterocycles. The van der Waals surface area contributed by atoms with Crippen LogP contribution in [-0.4, -0.2) is 11.6 Å². The third-order valence-corrected chi connectivity index (χ3v) is 5.86. The number of ether oxygens (including phenoxy) is 1. The van der Waals surface area contributed by atoms with E-state index >= 15 is 0 Å². The van der Waals surface area contributed by atoms with Crippen LogP contribution in [0.2, 0.25) is 0 Å². The quantitative estimate of drug-likeness (QED) is 0.261. The molecular weight excluding hydrogens is 433 g/mol. The molecular formula is C25H23F3N2OS. The lowest BCUT2D eigenvalue weighted by Gasteiger charge is -2.14. The standard InChI is InChI=1S/C25H23F3N2OS/c1-3-4-13-31-20-11-9-19(10-12-20)23-14-22(25(26,27)28)21(15-29)24(30-23)32-16-18-7-5-17(2)6-8-18/h5-12,14H,3-4,13,16H2,1-2H3. The molecule has 0 amide bonds. The molecule has 32 heavy (non-hydrogen) atoms. The average Bonchev–Trinajstić information content (AvgIpc) is 2.78. The highest BCUT2D eigenvalue weighted by Gasteiger charge is 2.36. The van der Waals surface area contributed by atoms with E-state index in [9.17, 15) is 18.4 Å². The lowest BCUT2D eigenvalue weighted by atomic mass is 10.1. The van der Waals surface area contributed by atoms with Crippen LogP contribution in [0.4, 0.5) is 13.2 Å². The normalized spacial score (nSPS) is 11.2. The Morgan fingerprint density at radius 3 is 2.34 bits per heavy atom. The highest BCUT2D eigenvalue weighted by Crippen LogP contribution is 2.38. The number of hydrogen-bond acceptors (Lipinski definition) is 4. The Balaban J connectivity index is 1.94. The molecule has 0 radical (unpaired) electrons. The van der Waals surface area contributed by atoms with Crippen molar-refractivity contribution in [2.24, 2.45) is 0 Å². The van der Waals surface area contributed by atoms with Gasteiger partial charge in [0.2, 0.25) is 0 Å². The third kappa shape index (κ3) is 6.04. The van der Waals surface area contributed by atoms with E-state index in [0.717, 1.165) is 41.8 Å². The topological polar surface area (TPSA) is 45.9 Å². The summed E-state index contributed by atoms with van der Waals surface area (Å²) in [5.74, 6) is 1.06. The molecule has 0 bridgehead atoms. The predicted octanol–water partition coefficient (Wildman–Crippen LogP) is 7.42. The smallest absolute Gasteiger partial charge is 0.417 e. The molecule has 166 valence electrons. The van der Waals surface area contributed by atoms with Crippen molar-refractivity contribution in [1.29, 1.82) is 5.26 Å². The van der Waals surface area contributed by atoms with Gasteiger partial charge in [0, 0.05) is 11.3 Å². The summed E-state index contributed by atoms with van der Waals surface area (Å²) >= 11 is 1.13. The number of benzene rings is 2. The van der Waals surface area contributed by atoms with Gasteiger partial charge in [0.25, 0.3) is 0 Å². The number of rotatable bonds is 8. The second-order valence-electron chi connectivity index (χ2n) is 7.35. The summed E-state index contributed by atoms with van der Waals surface area (Å²) in [7, 11) is 0. The minimum atomic E-state index is -4.66. The Hall–Kier alpha value is -2.98. The van der Waals surface area contributed by atoms with Gasteiger partial charge < -0.3 is 4.74 Å². The third-order valence-electron chi connectivity index (χ3n) is 4.82. The maximum absolute atomic E-state index is 13.7. The molecule has 0 unspecified atom stereocenters. The van der Waals surface area contributed by atoms with Crippen molar-refractivity contribution in [3.8, 4) is 23.1 Å². The summed E-state index contributed by atoms with van der Waals surface area (Å²) in [6, 6.07) is 17.2. The van der Waals surface area contributed by atoms with Crippen LogP contribution in [0.5, 0.6) is 5.75 Å². The predicted molar refractivity (Wildman–Crippen MR) is 121 cm³/mol. The number of pyridine rings is 1. The van der Waals surface area contributed by atoms with Gasteiger partial charge in [0.1, 0.15) is 16.8 Å². The second kappa shape index (κ2) is 10.6. The lowest BCUT2D eigenvalue weighted by molar-refractivity contribution is -0.138. The van der Waals surface area contributed by atoms with Crippen LogP contribution in [-0.2, 0) is 11.9 Å². The van der Waals surface area contributed by atoms with Crippen LogP contribution < -0.4 is 4.74 Å². The summed E-state index contributed by atoms with van der Waals surface area (Å²) in [6.45, 7) is 4.62. The van der Waals surface area contributed by atoms with Crippen molar-refractivity contribution in [3.05, 3.63) is 76.9 Å². The Labute approximate surface area is 190 Å². The molecule has 3 rings (SSSR count). The van der Waals surface area contributed by atoms with Crippen molar-refractivity contribution in [1.82, 2.24) is 4.98 Å². The largest absolute Gasteiger partial charge is 0.494 e. The first-order valence-electron chi connectivity index (χ1n) is 10.3. The zero-order valence-corrected chi connectivity index (χ0v) is 18.7. The molecule has 0 saturated carbocycles. The average molecular weight is 457 g/mol. The lowest BCUT2D eigenvalue weighted by Crippen LogP contribution is -2.10. The number of aryl methyl sites for hydroxylation is 1. The van der Waals surface area contributed by atoms with E-state index in [1.54, 1.807) is 30.3 Å². The molecule has 0 fully saturated rings. The second-order valence-corrected chi connectivity index (χ2v) is 8.31. The Morgan fingerprint density at radius 1 is 1.06 bits per heavy atom. The van der Waals surface area contributed by atoms with E-state index in [1.807, 2.05) is 31.2 Å². The molecule has 0 aliphatic heterocycles. The molecule has 0 spiro atoms. The molecule has 1 heterocycles. The Kier molecular flexibility index (Phi) is 7.81. The first kappa shape index (κ1) is 23.7. The minimum Gasteiger partial charge on any atom is -0.494 e. The Bertz CT molecular complexity index is 1090. The molecule has 7 heteroatoms. The van der Waals surface area contributed by atoms with Crippen molar-refractivity contribution >= 4 is 11.8 Å². The first-order chi connectivity index (χ1) is 15.3. The fourth-order valence-electron chi connectivity index (χ4n) is 3.00. The van der Waals surface area contributed by atoms with Crippen molar-refractivity contribution < 1.29 is 17.9 Å². The van der Waals surface area contributed by atoms with Crippen LogP contribution in [0.15, 0.2) is 59.6 Å². The zero-order chi connectivity index (χ0) is 23.1. The van der Waals surface area contributed by atoms with Gasteiger partial charge in [-0.3, -0.25) is 0 Å². The molecule has 3 nitrogen and oxygen atoms in total. The summed E-state index contributed by atoms with van der Waals surface area (Å²) in [4.78, 5) is 4.43. The number of hydrogen-bond donors (Lipinski definition) is 0. The highest BCUT2D eigenvalue weighted by atomic mass is 32.2. The first-order valence-corrected chi connectivity index (χ1v) is 11.2. The number of halogens is 3. The van der Waals surface area contributed by atoms with Crippen LogP contribution in [0, 0.1) is 18.3 Å². The molecule has 3 aromatic rings. The number of nitrogens with zero attached hydrogens (tertiary/aromatic N) is 2. The van der Waals surface area contributed by atoms with E-state index in [1.165, 1.54) is 0 Å². The number of aromatic nitrogens is 1. The van der Waals surface area contributed by atoms with Crippen molar-refractivity contribution in [2.45, 2.75) is 43.6 Å². The molecule has 0 atom stereocenters. The van der Waals surface area contributed by atoms with E-state index in [4.69, 9.17) is 4.74 Å². The van der Waals surface area contributed by atoms with E-state index < -0.39 is 17.3 Å². The maximum atomic E-state index is 13.7. The maximum Gasteiger partial charge on any atom is 0.417 e. The van der Waals surface area contributed by atoms with Gasteiger partial charge in [0.15, 0.2) is 0 Å². The van der Waals surface area contributed by atoms with Gasteiger partial charge in [-0.2, -0.15) is 18.4 Å². The fraction of sp³-hybridized carbons (Fsp3) is 0.280. The molecule has 0 aliphatic rings. The van der Waals surface area contributed by atoms with Crippen molar-refractivity contribution in [2.75, 3.05) is 6.61 Å². The van der Waals surface area contributed by atoms with Gasteiger partial charge >= 0.3 is 6.18 Å². The van der Waals surface area contributed by atoms with Gasteiger partial charge in [-0.1, -0.05) is 43.2 Å². The van der Waals surface area contributed by atoms with Crippen LogP contribution in [0.1, 0.15) is 42.0 Å². The van der Waals surface area contributed by atoms with Gasteiger partial charge in [-0.05, 0) is 49.2 Å². The van der Waals surface area contributed by atoms with Gasteiger partial charge in [-0.15, -0.1) is 11.8 Å². The molecule has 0 N–H and O–H groups in total. The van der Waals surface area contributed by atoms with Gasteiger partial charge in [-0.25, -0.2) is 4.98 Å². The van der Waals surface area contributed by atoms with Gasteiger partial charge in [0.05, 0.1) is 23.4 Å². The highest BCUT2D eigenvalue weighted by molar-refractivity contribution is 7.98. The number of thioether (sulfide) groups is 1. The minimum absolute atomic E-state index is 0.0705. The summed E-state index contributed by atoms with van der Waals surface area (Å²) in [5, 5.41) is 9.55.